The fourth-order valence-electron chi connectivity index (χ4n) is 2.47. The fourth-order valence-corrected chi connectivity index (χ4v) is 2.47. The van der Waals surface area contributed by atoms with Crippen LogP contribution in [0.15, 0.2) is 42.5 Å². The van der Waals surface area contributed by atoms with E-state index in [2.05, 4.69) is 10.6 Å². The molecule has 1 aliphatic heterocycles. The van der Waals surface area contributed by atoms with E-state index in [0.29, 0.717) is 23.6 Å². The number of amides is 2. The van der Waals surface area contributed by atoms with Crippen LogP contribution in [0.5, 0.6) is 11.5 Å². The number of ether oxygens (including phenoxy) is 2. The van der Waals surface area contributed by atoms with Crippen LogP contribution in [0.3, 0.4) is 0 Å². The summed E-state index contributed by atoms with van der Waals surface area (Å²) in [4.78, 5) is 33.9. The second-order valence-electron chi connectivity index (χ2n) is 5.77. The molecule has 2 aromatic carbocycles. The molecule has 0 saturated heterocycles. The molecule has 0 radical (unpaired) electrons. The third-order valence-corrected chi connectivity index (χ3v) is 3.90. The lowest BCUT2D eigenvalue weighted by molar-refractivity contribution is -0.384. The number of non-ortho nitro benzene ring substituents is 1. The van der Waals surface area contributed by atoms with Crippen LogP contribution in [0.4, 0.5) is 5.69 Å². The Morgan fingerprint density at radius 2 is 1.78 bits per heavy atom. The van der Waals surface area contributed by atoms with Crippen LogP contribution in [-0.2, 0) is 11.3 Å². The Bertz CT molecular complexity index is 866. The smallest absolute Gasteiger partial charge is 0.269 e. The van der Waals surface area contributed by atoms with Crippen molar-refractivity contribution >= 4 is 17.5 Å². The predicted molar refractivity (Wildman–Crippen MR) is 94.5 cm³/mol. The van der Waals surface area contributed by atoms with Gasteiger partial charge in [0.05, 0.1) is 4.92 Å². The summed E-state index contributed by atoms with van der Waals surface area (Å²) in [5.41, 5.74) is 1.08. The van der Waals surface area contributed by atoms with Crippen molar-refractivity contribution in [1.29, 1.82) is 0 Å². The zero-order valence-electron chi connectivity index (χ0n) is 14.3. The summed E-state index contributed by atoms with van der Waals surface area (Å²) in [7, 11) is 0. The normalized spacial score (nSPS) is 11.7. The van der Waals surface area contributed by atoms with Crippen molar-refractivity contribution in [3.8, 4) is 11.5 Å². The third kappa shape index (κ3) is 4.72. The van der Waals surface area contributed by atoms with Gasteiger partial charge in [0, 0.05) is 37.2 Å². The summed E-state index contributed by atoms with van der Waals surface area (Å²) in [6.07, 6.45) is 0.114. The molecule has 0 spiro atoms. The van der Waals surface area contributed by atoms with Gasteiger partial charge in [-0.15, -0.1) is 0 Å². The van der Waals surface area contributed by atoms with Gasteiger partial charge in [0.1, 0.15) is 0 Å². The Balaban J connectivity index is 1.40. The van der Waals surface area contributed by atoms with Gasteiger partial charge in [-0.05, 0) is 29.8 Å². The second kappa shape index (κ2) is 8.17. The lowest BCUT2D eigenvalue weighted by atomic mass is 10.2. The number of nitrogens with one attached hydrogen (secondary N) is 2. The highest BCUT2D eigenvalue weighted by Crippen LogP contribution is 2.32. The highest BCUT2D eigenvalue weighted by atomic mass is 16.7. The SMILES string of the molecule is O=C(CCNC(=O)c1ccc([N+](=O)[O-])cc1)NCc1ccc2c(c1)OCO2. The van der Waals surface area contributed by atoms with Gasteiger partial charge in [-0.25, -0.2) is 0 Å². The molecule has 2 aromatic rings. The van der Waals surface area contributed by atoms with Crippen LogP contribution in [0.25, 0.3) is 0 Å². The van der Waals surface area contributed by atoms with Gasteiger partial charge in [0.15, 0.2) is 11.5 Å². The number of carbonyl (C=O) groups is 2. The number of hydrogen-bond donors (Lipinski definition) is 2. The molecule has 0 bridgehead atoms. The molecule has 1 aliphatic rings. The van der Waals surface area contributed by atoms with Crippen molar-refractivity contribution in [3.63, 3.8) is 0 Å². The Hall–Kier alpha value is -3.62. The van der Waals surface area contributed by atoms with Crippen molar-refractivity contribution in [2.75, 3.05) is 13.3 Å². The monoisotopic (exact) mass is 371 g/mol. The summed E-state index contributed by atoms with van der Waals surface area (Å²) < 4.78 is 10.5. The number of nitro groups is 1. The second-order valence-corrected chi connectivity index (χ2v) is 5.77. The Morgan fingerprint density at radius 1 is 1.04 bits per heavy atom. The number of carbonyl (C=O) groups excluding carboxylic acids is 2. The van der Waals surface area contributed by atoms with E-state index in [4.69, 9.17) is 9.47 Å². The zero-order valence-corrected chi connectivity index (χ0v) is 14.3. The van der Waals surface area contributed by atoms with Crippen molar-refractivity contribution < 1.29 is 24.0 Å². The molecular weight excluding hydrogens is 354 g/mol. The molecule has 0 atom stereocenters. The molecule has 0 fully saturated rings. The van der Waals surface area contributed by atoms with E-state index in [0.717, 1.165) is 5.56 Å². The Labute approximate surface area is 154 Å². The molecule has 0 aromatic heterocycles. The van der Waals surface area contributed by atoms with E-state index < -0.39 is 10.8 Å². The predicted octanol–water partition coefficient (Wildman–Crippen LogP) is 1.76. The molecule has 3 rings (SSSR count). The maximum absolute atomic E-state index is 12.0. The molecule has 2 N–H and O–H groups in total. The molecule has 9 nitrogen and oxygen atoms in total. The third-order valence-electron chi connectivity index (χ3n) is 3.90. The van der Waals surface area contributed by atoms with Gasteiger partial charge in [-0.3, -0.25) is 19.7 Å². The molecule has 0 unspecified atom stereocenters. The zero-order chi connectivity index (χ0) is 19.2. The minimum atomic E-state index is -0.536. The van der Waals surface area contributed by atoms with E-state index in [-0.39, 0.29) is 31.4 Å². The average Bonchev–Trinajstić information content (AvgIpc) is 3.14. The maximum atomic E-state index is 12.0. The van der Waals surface area contributed by atoms with Gasteiger partial charge in [0.25, 0.3) is 11.6 Å². The first-order chi connectivity index (χ1) is 13.0. The molecule has 1 heterocycles. The number of rotatable bonds is 7. The number of hydrogen-bond acceptors (Lipinski definition) is 6. The first kappa shape index (κ1) is 18.2. The summed E-state index contributed by atoms with van der Waals surface area (Å²) in [5.74, 6) is 0.723. The maximum Gasteiger partial charge on any atom is 0.269 e. The van der Waals surface area contributed by atoms with Crippen LogP contribution in [-0.4, -0.2) is 30.1 Å². The van der Waals surface area contributed by atoms with Crippen LogP contribution in [0, 0.1) is 10.1 Å². The van der Waals surface area contributed by atoms with Gasteiger partial charge in [0.2, 0.25) is 12.7 Å². The molecule has 2 amide bonds. The summed E-state index contributed by atoms with van der Waals surface area (Å²) >= 11 is 0. The number of nitrogens with zero attached hydrogens (tertiary/aromatic N) is 1. The number of fused-ring (bicyclic) bond motifs is 1. The van der Waals surface area contributed by atoms with Crippen LogP contribution >= 0.6 is 0 Å². The molecular formula is C18H17N3O6. The minimum absolute atomic E-state index is 0.0885. The van der Waals surface area contributed by atoms with Gasteiger partial charge in [-0.2, -0.15) is 0 Å². The van der Waals surface area contributed by atoms with E-state index in [1.165, 1.54) is 24.3 Å². The average molecular weight is 371 g/mol. The van der Waals surface area contributed by atoms with Gasteiger partial charge in [-0.1, -0.05) is 6.07 Å². The number of benzene rings is 2. The summed E-state index contributed by atoms with van der Waals surface area (Å²) in [6.45, 7) is 0.689. The van der Waals surface area contributed by atoms with E-state index in [1.54, 1.807) is 12.1 Å². The molecule has 0 saturated carbocycles. The number of nitro benzene ring substituents is 1. The van der Waals surface area contributed by atoms with Crippen LogP contribution in [0.1, 0.15) is 22.3 Å². The first-order valence-electron chi connectivity index (χ1n) is 8.21. The van der Waals surface area contributed by atoms with E-state index >= 15 is 0 Å². The Morgan fingerprint density at radius 3 is 2.52 bits per heavy atom. The van der Waals surface area contributed by atoms with Gasteiger partial charge < -0.3 is 20.1 Å². The van der Waals surface area contributed by atoms with E-state index in [9.17, 15) is 19.7 Å². The highest BCUT2D eigenvalue weighted by molar-refractivity contribution is 5.94. The summed E-state index contributed by atoms with van der Waals surface area (Å²) in [5, 5.41) is 16.0. The van der Waals surface area contributed by atoms with Crippen LogP contribution < -0.4 is 20.1 Å². The van der Waals surface area contributed by atoms with Crippen molar-refractivity contribution in [2.24, 2.45) is 0 Å². The highest BCUT2D eigenvalue weighted by Gasteiger charge is 2.13. The molecule has 0 aliphatic carbocycles. The lowest BCUT2D eigenvalue weighted by Crippen LogP contribution is -2.30. The van der Waals surface area contributed by atoms with Gasteiger partial charge >= 0.3 is 0 Å². The fraction of sp³-hybridized carbons (Fsp3) is 0.222. The first-order valence-corrected chi connectivity index (χ1v) is 8.21. The standard InChI is InChI=1S/C18H17N3O6/c22-17(20-10-12-1-6-15-16(9-12)27-11-26-15)7-8-19-18(23)13-2-4-14(5-3-13)21(24)25/h1-6,9H,7-8,10-11H2,(H,19,23)(H,20,22). The van der Waals surface area contributed by atoms with Crippen LogP contribution in [0.2, 0.25) is 0 Å². The molecule has 9 heteroatoms. The lowest BCUT2D eigenvalue weighted by Gasteiger charge is -2.07. The van der Waals surface area contributed by atoms with Crippen molar-refractivity contribution in [1.82, 2.24) is 10.6 Å². The Kier molecular flexibility index (Phi) is 5.50. The molecule has 27 heavy (non-hydrogen) atoms. The van der Waals surface area contributed by atoms with E-state index in [1.807, 2.05) is 6.07 Å². The van der Waals surface area contributed by atoms with Crippen molar-refractivity contribution in [3.05, 3.63) is 63.7 Å². The quantitative estimate of drug-likeness (QED) is 0.565. The summed E-state index contributed by atoms with van der Waals surface area (Å²) in [6, 6.07) is 10.7. The van der Waals surface area contributed by atoms with Crippen molar-refractivity contribution in [2.45, 2.75) is 13.0 Å². The topological polar surface area (TPSA) is 120 Å². The largest absolute Gasteiger partial charge is 0.454 e. The molecule has 140 valence electrons. The minimum Gasteiger partial charge on any atom is -0.454 e.